The second-order valence-corrected chi connectivity index (χ2v) is 7.47. The van der Waals surface area contributed by atoms with Crippen LogP contribution in [0.4, 0.5) is 0 Å². The number of thioether (sulfide) groups is 1. The van der Waals surface area contributed by atoms with E-state index < -0.39 is 0 Å². The van der Waals surface area contributed by atoms with Crippen molar-refractivity contribution in [1.82, 2.24) is 24.3 Å². The van der Waals surface area contributed by atoms with Gasteiger partial charge in [-0.3, -0.25) is 0 Å². The van der Waals surface area contributed by atoms with Crippen LogP contribution in [0.3, 0.4) is 0 Å². The van der Waals surface area contributed by atoms with Crippen LogP contribution in [0.2, 0.25) is 0 Å². The Hall–Kier alpha value is -1.60. The lowest BCUT2D eigenvalue weighted by Gasteiger charge is -2.08. The standard InChI is InChI=1S/C15H17N5S2/c1-19-7-6-16-14(19)10-22-15-18-17-13(20(15)11-4-5-11)9-12-3-2-8-21-12/h2-3,6-8,11H,4-5,9-10H2,1H3. The molecule has 0 N–H and O–H groups in total. The van der Waals surface area contributed by atoms with Gasteiger partial charge < -0.3 is 9.13 Å². The lowest BCUT2D eigenvalue weighted by Crippen LogP contribution is -2.04. The molecule has 0 aromatic carbocycles. The monoisotopic (exact) mass is 331 g/mol. The smallest absolute Gasteiger partial charge is 0.191 e. The molecule has 0 aliphatic heterocycles. The number of rotatable bonds is 6. The highest BCUT2D eigenvalue weighted by Crippen LogP contribution is 2.39. The fourth-order valence-corrected chi connectivity index (χ4v) is 4.19. The molecule has 3 heterocycles. The van der Waals surface area contributed by atoms with Gasteiger partial charge in [-0.1, -0.05) is 17.8 Å². The van der Waals surface area contributed by atoms with E-state index in [2.05, 4.69) is 41.8 Å². The van der Waals surface area contributed by atoms with Crippen LogP contribution >= 0.6 is 23.1 Å². The zero-order valence-electron chi connectivity index (χ0n) is 12.3. The van der Waals surface area contributed by atoms with Gasteiger partial charge in [-0.25, -0.2) is 4.98 Å². The molecule has 0 unspecified atom stereocenters. The Morgan fingerprint density at radius 2 is 2.23 bits per heavy atom. The second kappa shape index (κ2) is 5.89. The molecule has 1 aliphatic carbocycles. The van der Waals surface area contributed by atoms with Gasteiger partial charge in [-0.15, -0.1) is 21.5 Å². The normalized spacial score (nSPS) is 14.6. The maximum absolute atomic E-state index is 4.45. The molecule has 3 aromatic heterocycles. The number of hydrogen-bond donors (Lipinski definition) is 0. The summed E-state index contributed by atoms with van der Waals surface area (Å²) < 4.78 is 4.39. The highest BCUT2D eigenvalue weighted by Gasteiger charge is 2.29. The molecule has 3 aromatic rings. The minimum Gasteiger partial charge on any atom is -0.337 e. The average Bonchev–Trinajstić information content (AvgIpc) is 2.90. The van der Waals surface area contributed by atoms with E-state index in [-0.39, 0.29) is 0 Å². The zero-order valence-corrected chi connectivity index (χ0v) is 14.0. The first-order valence-electron chi connectivity index (χ1n) is 7.36. The molecule has 22 heavy (non-hydrogen) atoms. The van der Waals surface area contributed by atoms with Crippen molar-refractivity contribution in [2.24, 2.45) is 7.05 Å². The van der Waals surface area contributed by atoms with E-state index in [0.717, 1.165) is 29.0 Å². The van der Waals surface area contributed by atoms with E-state index in [0.29, 0.717) is 6.04 Å². The summed E-state index contributed by atoms with van der Waals surface area (Å²) in [5.74, 6) is 2.98. The summed E-state index contributed by atoms with van der Waals surface area (Å²) in [7, 11) is 2.02. The van der Waals surface area contributed by atoms with Crippen molar-refractivity contribution in [3.8, 4) is 0 Å². The Labute approximate surface area is 137 Å². The third kappa shape index (κ3) is 2.83. The number of hydrogen-bond acceptors (Lipinski definition) is 5. The lowest BCUT2D eigenvalue weighted by atomic mass is 10.3. The summed E-state index contributed by atoms with van der Waals surface area (Å²) in [5.41, 5.74) is 0. The summed E-state index contributed by atoms with van der Waals surface area (Å²) in [5, 5.41) is 12.0. The first kappa shape index (κ1) is 14.0. The van der Waals surface area contributed by atoms with Crippen molar-refractivity contribution < 1.29 is 0 Å². The van der Waals surface area contributed by atoms with Crippen LogP contribution in [0, 0.1) is 0 Å². The van der Waals surface area contributed by atoms with Crippen molar-refractivity contribution in [2.45, 2.75) is 36.2 Å². The summed E-state index contributed by atoms with van der Waals surface area (Å²) in [4.78, 5) is 5.72. The third-order valence-electron chi connectivity index (χ3n) is 3.81. The van der Waals surface area contributed by atoms with Gasteiger partial charge in [0.15, 0.2) is 5.16 Å². The molecule has 7 heteroatoms. The topological polar surface area (TPSA) is 48.5 Å². The number of imidazole rings is 1. The molecular formula is C15H17N5S2. The minimum absolute atomic E-state index is 0.592. The Kier molecular flexibility index (Phi) is 3.75. The predicted octanol–water partition coefficient (Wildman–Crippen LogP) is 3.29. The first-order chi connectivity index (χ1) is 10.8. The second-order valence-electron chi connectivity index (χ2n) is 5.50. The van der Waals surface area contributed by atoms with Crippen molar-refractivity contribution in [2.75, 3.05) is 0 Å². The molecule has 114 valence electrons. The van der Waals surface area contributed by atoms with Crippen LogP contribution in [0.1, 0.15) is 35.4 Å². The summed E-state index contributed by atoms with van der Waals surface area (Å²) >= 11 is 3.51. The van der Waals surface area contributed by atoms with Gasteiger partial charge in [0, 0.05) is 36.8 Å². The maximum atomic E-state index is 4.45. The zero-order chi connectivity index (χ0) is 14.9. The van der Waals surface area contributed by atoms with E-state index in [1.165, 1.54) is 17.7 Å². The highest BCUT2D eigenvalue weighted by atomic mass is 32.2. The minimum atomic E-state index is 0.592. The molecule has 0 bridgehead atoms. The molecule has 0 radical (unpaired) electrons. The van der Waals surface area contributed by atoms with E-state index in [4.69, 9.17) is 0 Å². The van der Waals surface area contributed by atoms with Gasteiger partial charge >= 0.3 is 0 Å². The van der Waals surface area contributed by atoms with Gasteiger partial charge in [0.25, 0.3) is 0 Å². The van der Waals surface area contributed by atoms with Gasteiger partial charge in [0.1, 0.15) is 11.6 Å². The number of nitrogens with zero attached hydrogens (tertiary/aromatic N) is 5. The van der Waals surface area contributed by atoms with Crippen LogP contribution in [0.25, 0.3) is 0 Å². The van der Waals surface area contributed by atoms with Crippen LogP contribution < -0.4 is 0 Å². The van der Waals surface area contributed by atoms with Crippen molar-refractivity contribution in [3.63, 3.8) is 0 Å². The molecular weight excluding hydrogens is 314 g/mol. The fourth-order valence-electron chi connectivity index (χ4n) is 2.46. The first-order valence-corrected chi connectivity index (χ1v) is 9.23. The molecule has 1 fully saturated rings. The van der Waals surface area contributed by atoms with E-state index in [1.807, 2.05) is 19.4 Å². The lowest BCUT2D eigenvalue weighted by molar-refractivity contribution is 0.634. The highest BCUT2D eigenvalue weighted by molar-refractivity contribution is 7.98. The van der Waals surface area contributed by atoms with Gasteiger partial charge in [0.2, 0.25) is 0 Å². The molecule has 0 amide bonds. The average molecular weight is 331 g/mol. The molecule has 4 rings (SSSR count). The van der Waals surface area contributed by atoms with E-state index >= 15 is 0 Å². The van der Waals surface area contributed by atoms with Gasteiger partial charge in [-0.2, -0.15) is 0 Å². The van der Waals surface area contributed by atoms with Crippen molar-refractivity contribution in [3.05, 3.63) is 46.4 Å². The molecule has 1 saturated carbocycles. The number of aromatic nitrogens is 5. The van der Waals surface area contributed by atoms with E-state index in [9.17, 15) is 0 Å². The Balaban J connectivity index is 1.54. The quantitative estimate of drug-likeness (QED) is 0.650. The molecule has 0 spiro atoms. The molecule has 0 saturated heterocycles. The van der Waals surface area contributed by atoms with Crippen LogP contribution in [0.5, 0.6) is 0 Å². The number of thiophene rings is 1. The fraction of sp³-hybridized carbons (Fsp3) is 0.400. The van der Waals surface area contributed by atoms with Gasteiger partial charge in [-0.05, 0) is 24.3 Å². The van der Waals surface area contributed by atoms with Crippen molar-refractivity contribution in [1.29, 1.82) is 0 Å². The molecule has 1 aliphatic rings. The summed E-state index contributed by atoms with van der Waals surface area (Å²) in [6, 6.07) is 4.85. The summed E-state index contributed by atoms with van der Waals surface area (Å²) in [6.45, 7) is 0. The SMILES string of the molecule is Cn1ccnc1CSc1nnc(Cc2cccs2)n1C1CC1. The molecule has 5 nitrogen and oxygen atoms in total. The predicted molar refractivity (Wildman–Crippen MR) is 88.2 cm³/mol. The van der Waals surface area contributed by atoms with E-state index in [1.54, 1.807) is 23.1 Å². The summed E-state index contributed by atoms with van der Waals surface area (Å²) in [6.07, 6.45) is 7.18. The maximum Gasteiger partial charge on any atom is 0.191 e. The van der Waals surface area contributed by atoms with Gasteiger partial charge in [0.05, 0.1) is 5.75 Å². The Bertz CT molecular complexity index is 755. The number of aryl methyl sites for hydroxylation is 1. The third-order valence-corrected chi connectivity index (χ3v) is 5.63. The molecule has 0 atom stereocenters. The van der Waals surface area contributed by atoms with Crippen LogP contribution in [-0.4, -0.2) is 24.3 Å². The largest absolute Gasteiger partial charge is 0.337 e. The van der Waals surface area contributed by atoms with Crippen molar-refractivity contribution >= 4 is 23.1 Å². The van der Waals surface area contributed by atoms with Crippen LogP contribution in [0.15, 0.2) is 35.1 Å². The Morgan fingerprint density at radius 1 is 1.32 bits per heavy atom. The van der Waals surface area contributed by atoms with Crippen LogP contribution in [-0.2, 0) is 19.2 Å². The Morgan fingerprint density at radius 3 is 2.91 bits per heavy atom.